The first-order valence-corrected chi connectivity index (χ1v) is 6.14. The molecule has 0 unspecified atom stereocenters. The number of carbonyl (C=O) groups excluding carboxylic acids is 1. The molecule has 0 aromatic heterocycles. The lowest BCUT2D eigenvalue weighted by Crippen LogP contribution is -2.21. The van der Waals surface area contributed by atoms with Gasteiger partial charge >= 0.3 is 0 Å². The van der Waals surface area contributed by atoms with E-state index in [1.54, 1.807) is 6.08 Å². The van der Waals surface area contributed by atoms with E-state index in [0.717, 1.165) is 11.3 Å². The Kier molecular flexibility index (Phi) is 4.10. The van der Waals surface area contributed by atoms with Crippen molar-refractivity contribution in [3.8, 4) is 0 Å². The highest BCUT2D eigenvalue weighted by Gasteiger charge is 2.17. The summed E-state index contributed by atoms with van der Waals surface area (Å²) in [6, 6.07) is 3.79. The molecular weight excluding hydrogens is 248 g/mol. The molecule has 2 rings (SSSR count). The molecule has 0 saturated heterocycles. The summed E-state index contributed by atoms with van der Waals surface area (Å²) in [7, 11) is 0. The van der Waals surface area contributed by atoms with Gasteiger partial charge in [-0.1, -0.05) is 18.7 Å². The van der Waals surface area contributed by atoms with Gasteiger partial charge in [-0.3, -0.25) is 4.79 Å². The van der Waals surface area contributed by atoms with Crippen LogP contribution in [0, 0.1) is 11.6 Å². The third-order valence-corrected chi connectivity index (χ3v) is 3.22. The standard InChI is InChI=1S/C15H15F2NO/c1-2-10-8-11(19)6-7-15(10)18-9-12-13(16)4-3-5-14(12)17/h2-5,18H,1,6-9H2. The molecule has 0 heterocycles. The predicted octanol–water partition coefficient (Wildman–Crippen LogP) is 3.25. The van der Waals surface area contributed by atoms with E-state index in [1.807, 2.05) is 0 Å². The molecule has 0 radical (unpaired) electrons. The van der Waals surface area contributed by atoms with Crippen LogP contribution in [0.5, 0.6) is 0 Å². The zero-order valence-electron chi connectivity index (χ0n) is 10.5. The van der Waals surface area contributed by atoms with Crippen molar-refractivity contribution in [3.05, 3.63) is 59.3 Å². The molecule has 2 nitrogen and oxygen atoms in total. The summed E-state index contributed by atoms with van der Waals surface area (Å²) in [4.78, 5) is 11.3. The van der Waals surface area contributed by atoms with E-state index in [9.17, 15) is 13.6 Å². The van der Waals surface area contributed by atoms with Crippen LogP contribution in [0.15, 0.2) is 42.1 Å². The van der Waals surface area contributed by atoms with Crippen molar-refractivity contribution in [2.24, 2.45) is 0 Å². The summed E-state index contributed by atoms with van der Waals surface area (Å²) in [5.41, 5.74) is 1.67. The monoisotopic (exact) mass is 263 g/mol. The van der Waals surface area contributed by atoms with Gasteiger partial charge in [-0.25, -0.2) is 8.78 Å². The molecule has 0 aliphatic heterocycles. The molecule has 100 valence electrons. The van der Waals surface area contributed by atoms with Crippen molar-refractivity contribution in [3.63, 3.8) is 0 Å². The number of benzene rings is 1. The van der Waals surface area contributed by atoms with Crippen LogP contribution in [0.3, 0.4) is 0 Å². The topological polar surface area (TPSA) is 29.1 Å². The van der Waals surface area contributed by atoms with Crippen LogP contribution in [-0.4, -0.2) is 5.78 Å². The Morgan fingerprint density at radius 3 is 2.58 bits per heavy atom. The van der Waals surface area contributed by atoms with E-state index < -0.39 is 11.6 Å². The Morgan fingerprint density at radius 1 is 1.26 bits per heavy atom. The first-order chi connectivity index (χ1) is 9.11. The molecular formula is C15H15F2NO. The minimum atomic E-state index is -0.569. The number of Topliss-reactive ketones (excluding diaryl/α,β-unsaturated/α-hetero) is 1. The lowest BCUT2D eigenvalue weighted by atomic mass is 9.95. The highest BCUT2D eigenvalue weighted by molar-refractivity contribution is 5.83. The normalized spacial score (nSPS) is 15.6. The lowest BCUT2D eigenvalue weighted by Gasteiger charge is -2.19. The van der Waals surface area contributed by atoms with Crippen LogP contribution >= 0.6 is 0 Å². The molecule has 0 spiro atoms. The number of rotatable bonds is 4. The Balaban J connectivity index is 2.14. The molecule has 4 heteroatoms. The van der Waals surface area contributed by atoms with Gasteiger partial charge in [0.25, 0.3) is 0 Å². The van der Waals surface area contributed by atoms with Gasteiger partial charge in [0.15, 0.2) is 0 Å². The molecule has 1 N–H and O–H groups in total. The zero-order chi connectivity index (χ0) is 13.8. The number of carbonyl (C=O) groups is 1. The molecule has 19 heavy (non-hydrogen) atoms. The fourth-order valence-electron chi connectivity index (χ4n) is 2.13. The number of halogens is 2. The van der Waals surface area contributed by atoms with Crippen LogP contribution in [0.4, 0.5) is 8.78 Å². The van der Waals surface area contributed by atoms with E-state index in [1.165, 1.54) is 18.2 Å². The number of nitrogens with one attached hydrogen (secondary N) is 1. The van der Waals surface area contributed by atoms with E-state index >= 15 is 0 Å². The number of allylic oxidation sites excluding steroid dienone is 3. The summed E-state index contributed by atoms with van der Waals surface area (Å²) < 4.78 is 27.0. The summed E-state index contributed by atoms with van der Waals surface area (Å²) >= 11 is 0. The first-order valence-electron chi connectivity index (χ1n) is 6.14. The van der Waals surface area contributed by atoms with E-state index in [2.05, 4.69) is 11.9 Å². The van der Waals surface area contributed by atoms with Gasteiger partial charge in [-0.2, -0.15) is 0 Å². The summed E-state index contributed by atoms with van der Waals surface area (Å²) in [6.45, 7) is 3.73. The maximum atomic E-state index is 13.5. The predicted molar refractivity (Wildman–Crippen MR) is 69.3 cm³/mol. The molecule has 0 bridgehead atoms. The van der Waals surface area contributed by atoms with Gasteiger partial charge in [0.05, 0.1) is 0 Å². The van der Waals surface area contributed by atoms with Crippen LogP contribution in [0.2, 0.25) is 0 Å². The van der Waals surface area contributed by atoms with Crippen molar-refractivity contribution in [1.29, 1.82) is 0 Å². The molecule has 0 atom stereocenters. The van der Waals surface area contributed by atoms with Crippen LogP contribution in [0.1, 0.15) is 24.8 Å². The Labute approximate surface area is 110 Å². The Bertz CT molecular complexity index is 529. The largest absolute Gasteiger partial charge is 0.384 e. The SMILES string of the molecule is C=CC1=C(NCc2c(F)cccc2F)CCC(=O)C1. The molecule has 1 aliphatic rings. The maximum absolute atomic E-state index is 13.5. The minimum Gasteiger partial charge on any atom is -0.384 e. The van der Waals surface area contributed by atoms with E-state index in [4.69, 9.17) is 0 Å². The molecule has 1 aliphatic carbocycles. The van der Waals surface area contributed by atoms with Crippen LogP contribution < -0.4 is 5.32 Å². The minimum absolute atomic E-state index is 0.00955. The summed E-state index contributed by atoms with van der Waals surface area (Å²) in [5, 5.41) is 3.02. The highest BCUT2D eigenvalue weighted by Crippen LogP contribution is 2.22. The van der Waals surface area contributed by atoms with Gasteiger partial charge in [-0.15, -0.1) is 0 Å². The average molecular weight is 263 g/mol. The molecule has 1 aromatic carbocycles. The van der Waals surface area contributed by atoms with Crippen LogP contribution in [-0.2, 0) is 11.3 Å². The number of hydrogen-bond acceptors (Lipinski definition) is 2. The smallest absolute Gasteiger partial charge is 0.137 e. The van der Waals surface area contributed by atoms with E-state index in [0.29, 0.717) is 19.3 Å². The average Bonchev–Trinajstić information content (AvgIpc) is 2.39. The van der Waals surface area contributed by atoms with Crippen molar-refractivity contribution in [2.75, 3.05) is 0 Å². The number of hydrogen-bond donors (Lipinski definition) is 1. The van der Waals surface area contributed by atoms with Gasteiger partial charge in [0.1, 0.15) is 17.4 Å². The lowest BCUT2D eigenvalue weighted by molar-refractivity contribution is -0.118. The third-order valence-electron chi connectivity index (χ3n) is 3.22. The van der Waals surface area contributed by atoms with Crippen molar-refractivity contribution >= 4 is 5.78 Å². The Morgan fingerprint density at radius 2 is 1.95 bits per heavy atom. The van der Waals surface area contributed by atoms with Crippen molar-refractivity contribution < 1.29 is 13.6 Å². The quantitative estimate of drug-likeness (QED) is 0.903. The molecule has 1 aromatic rings. The van der Waals surface area contributed by atoms with Crippen LogP contribution in [0.25, 0.3) is 0 Å². The molecule has 0 fully saturated rings. The second kappa shape index (κ2) is 5.78. The van der Waals surface area contributed by atoms with Crippen molar-refractivity contribution in [1.82, 2.24) is 5.32 Å². The molecule has 0 amide bonds. The summed E-state index contributed by atoms with van der Waals surface area (Å²) in [5.74, 6) is -0.974. The molecule has 0 saturated carbocycles. The maximum Gasteiger partial charge on any atom is 0.137 e. The van der Waals surface area contributed by atoms with Gasteiger partial charge < -0.3 is 5.32 Å². The second-order valence-electron chi connectivity index (χ2n) is 4.48. The second-order valence-corrected chi connectivity index (χ2v) is 4.48. The summed E-state index contributed by atoms with van der Waals surface area (Å²) in [6.07, 6.45) is 2.98. The van der Waals surface area contributed by atoms with Gasteiger partial charge in [0.2, 0.25) is 0 Å². The van der Waals surface area contributed by atoms with Gasteiger partial charge in [-0.05, 0) is 24.1 Å². The highest BCUT2D eigenvalue weighted by atomic mass is 19.1. The Hall–Kier alpha value is -1.97. The first kappa shape index (κ1) is 13.5. The van der Waals surface area contributed by atoms with Gasteiger partial charge in [0, 0.05) is 30.6 Å². The third kappa shape index (κ3) is 3.08. The zero-order valence-corrected chi connectivity index (χ0v) is 10.5. The fraction of sp³-hybridized carbons (Fsp3) is 0.267. The van der Waals surface area contributed by atoms with E-state index in [-0.39, 0.29) is 17.9 Å². The number of ketones is 1. The fourth-order valence-corrected chi connectivity index (χ4v) is 2.13. The van der Waals surface area contributed by atoms with Crippen molar-refractivity contribution in [2.45, 2.75) is 25.8 Å².